The second-order valence-corrected chi connectivity index (χ2v) is 8.32. The third kappa shape index (κ3) is 4.47. The van der Waals surface area contributed by atoms with Gasteiger partial charge in [-0.2, -0.15) is 0 Å². The van der Waals surface area contributed by atoms with Crippen molar-refractivity contribution < 1.29 is 14.3 Å². The van der Waals surface area contributed by atoms with E-state index in [1.54, 1.807) is 31.4 Å². The highest BCUT2D eigenvalue weighted by molar-refractivity contribution is 6.07. The molecule has 7 nitrogen and oxygen atoms in total. The number of methoxy groups -OCH3 is 1. The number of para-hydroxylation sites is 2. The zero-order valence-electron chi connectivity index (χ0n) is 19.5. The Labute approximate surface area is 199 Å². The first-order valence-electron chi connectivity index (χ1n) is 11.6. The molecule has 0 unspecified atom stereocenters. The van der Waals surface area contributed by atoms with Gasteiger partial charge in [-0.1, -0.05) is 19.1 Å². The molecule has 0 bridgehead atoms. The van der Waals surface area contributed by atoms with Gasteiger partial charge in [0.05, 0.1) is 12.7 Å². The molecule has 1 amide bonds. The minimum atomic E-state index is -0.185. The molecule has 0 radical (unpaired) electrons. The Hall–Kier alpha value is -3.84. The van der Waals surface area contributed by atoms with Crippen LogP contribution in [0.2, 0.25) is 0 Å². The first-order chi connectivity index (χ1) is 16.6. The fourth-order valence-corrected chi connectivity index (χ4v) is 4.26. The summed E-state index contributed by atoms with van der Waals surface area (Å²) in [5.74, 6) is 2.85. The van der Waals surface area contributed by atoms with Gasteiger partial charge in [0, 0.05) is 37.4 Å². The molecule has 2 heterocycles. The lowest BCUT2D eigenvalue weighted by Gasteiger charge is -2.36. The SMILES string of the molecule is CCN1CCN(C2=Nc3ccccc3Oc3ccc(NC(=O)c4ccc(OC)cc4)cc32)CC1. The number of aliphatic imine (C=N–C) groups is 1. The molecule has 3 aromatic rings. The van der Waals surface area contributed by atoms with Crippen LogP contribution in [0.5, 0.6) is 17.2 Å². The lowest BCUT2D eigenvalue weighted by molar-refractivity contribution is 0.102. The Morgan fingerprint density at radius 2 is 1.76 bits per heavy atom. The predicted octanol–water partition coefficient (Wildman–Crippen LogP) is 4.77. The smallest absolute Gasteiger partial charge is 0.255 e. The van der Waals surface area contributed by atoms with Gasteiger partial charge in [-0.05, 0) is 61.1 Å². The van der Waals surface area contributed by atoms with Crippen LogP contribution in [0.1, 0.15) is 22.8 Å². The summed E-state index contributed by atoms with van der Waals surface area (Å²) in [7, 11) is 1.60. The van der Waals surface area contributed by atoms with Gasteiger partial charge in [0.15, 0.2) is 5.75 Å². The number of nitrogens with zero attached hydrogens (tertiary/aromatic N) is 3. The number of amides is 1. The Bertz CT molecular complexity index is 1210. The van der Waals surface area contributed by atoms with E-state index in [1.807, 2.05) is 42.5 Å². The molecule has 0 aromatic heterocycles. The van der Waals surface area contributed by atoms with Crippen molar-refractivity contribution in [3.8, 4) is 17.2 Å². The number of carbonyl (C=O) groups is 1. The number of hydrogen-bond acceptors (Lipinski definition) is 6. The van der Waals surface area contributed by atoms with Crippen molar-refractivity contribution in [3.63, 3.8) is 0 Å². The van der Waals surface area contributed by atoms with Crippen LogP contribution in [0.25, 0.3) is 0 Å². The summed E-state index contributed by atoms with van der Waals surface area (Å²) in [6.45, 7) is 6.98. The maximum atomic E-state index is 12.9. The average Bonchev–Trinajstić information content (AvgIpc) is 3.05. The van der Waals surface area contributed by atoms with E-state index in [9.17, 15) is 4.79 Å². The van der Waals surface area contributed by atoms with Gasteiger partial charge in [0.2, 0.25) is 0 Å². The molecular weight excluding hydrogens is 428 g/mol. The minimum absolute atomic E-state index is 0.185. The fourth-order valence-electron chi connectivity index (χ4n) is 4.26. The number of hydrogen-bond donors (Lipinski definition) is 1. The molecule has 7 heteroatoms. The standard InChI is InChI=1S/C27H28N4O3/c1-3-30-14-16-31(17-15-30)26-22-18-20(28-27(32)19-8-11-21(33-2)12-9-19)10-13-24(22)34-25-7-5-4-6-23(25)29-26/h4-13,18H,3,14-17H2,1-2H3,(H,28,32). The van der Waals surface area contributed by atoms with Crippen LogP contribution in [-0.2, 0) is 0 Å². The van der Waals surface area contributed by atoms with Crippen LogP contribution in [-0.4, -0.2) is 61.4 Å². The van der Waals surface area contributed by atoms with Crippen LogP contribution < -0.4 is 14.8 Å². The highest BCUT2D eigenvalue weighted by Crippen LogP contribution is 2.39. The summed E-state index contributed by atoms with van der Waals surface area (Å²) in [5.41, 5.74) is 2.92. The normalized spacial score (nSPS) is 15.4. The van der Waals surface area contributed by atoms with Crippen LogP contribution >= 0.6 is 0 Å². The Balaban J connectivity index is 1.47. The summed E-state index contributed by atoms with van der Waals surface area (Å²) >= 11 is 0. The van der Waals surface area contributed by atoms with Gasteiger partial charge >= 0.3 is 0 Å². The number of fused-ring (bicyclic) bond motifs is 2. The Morgan fingerprint density at radius 1 is 1.00 bits per heavy atom. The maximum absolute atomic E-state index is 12.9. The van der Waals surface area contributed by atoms with Crippen molar-refractivity contribution in [1.29, 1.82) is 0 Å². The van der Waals surface area contributed by atoms with Crippen molar-refractivity contribution in [2.75, 3.05) is 45.2 Å². The number of amidine groups is 1. The number of piperazine rings is 1. The van der Waals surface area contributed by atoms with Gasteiger partial charge in [-0.15, -0.1) is 0 Å². The molecule has 174 valence electrons. The molecule has 1 fully saturated rings. The number of benzene rings is 3. The van der Waals surface area contributed by atoms with Crippen LogP contribution in [0.3, 0.4) is 0 Å². The molecule has 0 aliphatic carbocycles. The third-order valence-corrected chi connectivity index (χ3v) is 6.26. The summed E-state index contributed by atoms with van der Waals surface area (Å²) < 4.78 is 11.4. The molecule has 1 N–H and O–H groups in total. The average molecular weight is 457 g/mol. The van der Waals surface area contributed by atoms with Crippen molar-refractivity contribution in [2.45, 2.75) is 6.92 Å². The summed E-state index contributed by atoms with van der Waals surface area (Å²) in [6.07, 6.45) is 0. The molecule has 3 aromatic carbocycles. The largest absolute Gasteiger partial charge is 0.497 e. The van der Waals surface area contributed by atoms with E-state index in [4.69, 9.17) is 14.5 Å². The molecule has 2 aliphatic heterocycles. The highest BCUT2D eigenvalue weighted by atomic mass is 16.5. The summed E-state index contributed by atoms with van der Waals surface area (Å²) in [4.78, 5) is 22.6. The summed E-state index contributed by atoms with van der Waals surface area (Å²) in [6, 6.07) is 20.6. The second-order valence-electron chi connectivity index (χ2n) is 8.32. The molecule has 34 heavy (non-hydrogen) atoms. The van der Waals surface area contributed by atoms with E-state index >= 15 is 0 Å². The quantitative estimate of drug-likeness (QED) is 0.613. The van der Waals surface area contributed by atoms with Crippen molar-refractivity contribution in [1.82, 2.24) is 9.80 Å². The van der Waals surface area contributed by atoms with Crippen LogP contribution in [0.4, 0.5) is 11.4 Å². The molecule has 0 saturated carbocycles. The Kier molecular flexibility index (Phi) is 6.18. The second kappa shape index (κ2) is 9.57. The number of rotatable bonds is 4. The number of likely N-dealkylation sites (N-methyl/N-ethyl adjacent to an activating group) is 1. The van der Waals surface area contributed by atoms with Gasteiger partial charge < -0.3 is 24.6 Å². The van der Waals surface area contributed by atoms with E-state index in [0.29, 0.717) is 17.0 Å². The fraction of sp³-hybridized carbons (Fsp3) is 0.259. The van der Waals surface area contributed by atoms with E-state index in [1.165, 1.54) is 0 Å². The lowest BCUT2D eigenvalue weighted by atomic mass is 10.1. The molecule has 2 aliphatic rings. The first-order valence-corrected chi connectivity index (χ1v) is 11.6. The highest BCUT2D eigenvalue weighted by Gasteiger charge is 2.26. The maximum Gasteiger partial charge on any atom is 0.255 e. The Morgan fingerprint density at radius 3 is 2.50 bits per heavy atom. The number of carbonyl (C=O) groups excluding carboxylic acids is 1. The topological polar surface area (TPSA) is 66.4 Å². The number of anilines is 1. The molecule has 0 spiro atoms. The number of nitrogens with one attached hydrogen (secondary N) is 1. The monoisotopic (exact) mass is 456 g/mol. The van der Waals surface area contributed by atoms with Crippen molar-refractivity contribution in [3.05, 3.63) is 77.9 Å². The molecule has 5 rings (SSSR count). The van der Waals surface area contributed by atoms with Gasteiger partial charge in [0.1, 0.15) is 23.0 Å². The van der Waals surface area contributed by atoms with E-state index < -0.39 is 0 Å². The van der Waals surface area contributed by atoms with Gasteiger partial charge in [-0.25, -0.2) is 4.99 Å². The van der Waals surface area contributed by atoms with Crippen LogP contribution in [0, 0.1) is 0 Å². The zero-order valence-corrected chi connectivity index (χ0v) is 19.5. The van der Waals surface area contributed by atoms with E-state index in [0.717, 1.165) is 61.3 Å². The molecule has 0 atom stereocenters. The van der Waals surface area contributed by atoms with Gasteiger partial charge in [0.25, 0.3) is 5.91 Å². The van der Waals surface area contributed by atoms with Crippen molar-refractivity contribution >= 4 is 23.1 Å². The van der Waals surface area contributed by atoms with E-state index in [-0.39, 0.29) is 5.91 Å². The molecular formula is C27H28N4O3. The van der Waals surface area contributed by atoms with E-state index in [2.05, 4.69) is 22.0 Å². The lowest BCUT2D eigenvalue weighted by Crippen LogP contribution is -2.48. The molecule has 1 saturated heterocycles. The van der Waals surface area contributed by atoms with Gasteiger partial charge in [-0.3, -0.25) is 4.79 Å². The predicted molar refractivity (Wildman–Crippen MR) is 134 cm³/mol. The zero-order chi connectivity index (χ0) is 23.5. The summed E-state index contributed by atoms with van der Waals surface area (Å²) in [5, 5.41) is 3.01. The van der Waals surface area contributed by atoms with Crippen molar-refractivity contribution in [2.24, 2.45) is 4.99 Å². The number of ether oxygens (including phenoxy) is 2. The minimum Gasteiger partial charge on any atom is -0.497 e. The first kappa shape index (κ1) is 22.0. The van der Waals surface area contributed by atoms with Crippen LogP contribution in [0.15, 0.2) is 71.7 Å². The third-order valence-electron chi connectivity index (χ3n) is 6.26.